The van der Waals surface area contributed by atoms with E-state index in [1.165, 1.54) is 6.07 Å². The molecule has 2 rings (SSSR count). The molecule has 112 valence electrons. The molecule has 0 radical (unpaired) electrons. The standard InChI is InChI=1S/C14H18N4O3/c1-10(9-19)15-7-8-16-12-4-5-13(18(20)21)11-3-2-6-17-14(11)12/h2-6,10,15-16,19H,7-9H2,1H3/p+1/t10-/m0/s1. The molecule has 7 nitrogen and oxygen atoms in total. The first-order valence-corrected chi connectivity index (χ1v) is 6.83. The van der Waals surface area contributed by atoms with Gasteiger partial charge in [-0.15, -0.1) is 0 Å². The highest BCUT2D eigenvalue weighted by Gasteiger charge is 2.14. The lowest BCUT2D eigenvalue weighted by molar-refractivity contribution is -0.685. The van der Waals surface area contributed by atoms with Crippen LogP contribution in [0.1, 0.15) is 6.92 Å². The van der Waals surface area contributed by atoms with Crippen LogP contribution in [0.4, 0.5) is 11.4 Å². The van der Waals surface area contributed by atoms with Crippen LogP contribution < -0.4 is 10.6 Å². The zero-order valence-electron chi connectivity index (χ0n) is 11.8. The summed E-state index contributed by atoms with van der Waals surface area (Å²) in [7, 11) is 0. The first kappa shape index (κ1) is 15.1. The molecule has 0 spiro atoms. The van der Waals surface area contributed by atoms with Crippen molar-refractivity contribution >= 4 is 22.3 Å². The highest BCUT2D eigenvalue weighted by atomic mass is 16.6. The largest absolute Gasteiger partial charge is 0.390 e. The van der Waals surface area contributed by atoms with Crippen molar-refractivity contribution in [1.82, 2.24) is 4.98 Å². The van der Waals surface area contributed by atoms with Crippen molar-refractivity contribution in [3.05, 3.63) is 40.6 Å². The Hall–Kier alpha value is -2.25. The van der Waals surface area contributed by atoms with Crippen LogP contribution in [0.25, 0.3) is 10.9 Å². The third kappa shape index (κ3) is 3.65. The van der Waals surface area contributed by atoms with Gasteiger partial charge in [-0.25, -0.2) is 0 Å². The molecule has 0 aliphatic heterocycles. The smallest absolute Gasteiger partial charge is 0.278 e. The minimum atomic E-state index is -0.398. The number of nitrogens with one attached hydrogen (secondary N) is 1. The van der Waals surface area contributed by atoms with Gasteiger partial charge in [-0.1, -0.05) is 0 Å². The number of quaternary nitrogens is 1. The molecule has 21 heavy (non-hydrogen) atoms. The number of pyridine rings is 1. The predicted molar refractivity (Wildman–Crippen MR) is 80.2 cm³/mol. The number of fused-ring (bicyclic) bond motifs is 1. The minimum Gasteiger partial charge on any atom is -0.390 e. The summed E-state index contributed by atoms with van der Waals surface area (Å²) >= 11 is 0. The summed E-state index contributed by atoms with van der Waals surface area (Å²) < 4.78 is 0. The van der Waals surface area contributed by atoms with Gasteiger partial charge in [0, 0.05) is 12.3 Å². The Balaban J connectivity index is 2.14. The third-order valence-corrected chi connectivity index (χ3v) is 3.26. The Kier molecular flexibility index (Phi) is 5.02. The molecule has 0 bridgehead atoms. The SMILES string of the molecule is C[C@@H](CO)[NH2+]CCNc1ccc([N+](=O)[O-])c2cccnc12. The first-order chi connectivity index (χ1) is 10.1. The second-order valence-corrected chi connectivity index (χ2v) is 4.90. The number of nitro groups is 1. The molecule has 1 atom stereocenters. The van der Waals surface area contributed by atoms with E-state index in [1.807, 2.05) is 12.2 Å². The number of benzene rings is 1. The van der Waals surface area contributed by atoms with Crippen molar-refractivity contribution in [2.24, 2.45) is 0 Å². The molecule has 0 fully saturated rings. The summed E-state index contributed by atoms with van der Waals surface area (Å²) in [5, 5.41) is 25.8. The molecule has 1 heterocycles. The van der Waals surface area contributed by atoms with E-state index in [9.17, 15) is 10.1 Å². The summed E-state index contributed by atoms with van der Waals surface area (Å²) in [5.74, 6) is 0. The highest BCUT2D eigenvalue weighted by molar-refractivity contribution is 5.96. The van der Waals surface area contributed by atoms with E-state index in [-0.39, 0.29) is 18.3 Å². The molecule has 7 heteroatoms. The number of hydrogen-bond donors (Lipinski definition) is 3. The summed E-state index contributed by atoms with van der Waals surface area (Å²) in [5.41, 5.74) is 1.44. The topological polar surface area (TPSA) is 105 Å². The molecule has 0 saturated heterocycles. The van der Waals surface area contributed by atoms with Crippen LogP contribution in [0, 0.1) is 10.1 Å². The Labute approximate surface area is 122 Å². The maximum Gasteiger partial charge on any atom is 0.278 e. The molecule has 0 saturated carbocycles. The lowest BCUT2D eigenvalue weighted by Gasteiger charge is -2.10. The molecule has 1 aromatic carbocycles. The zero-order valence-corrected chi connectivity index (χ0v) is 11.8. The fraction of sp³-hybridized carbons (Fsp3) is 0.357. The van der Waals surface area contributed by atoms with Gasteiger partial charge in [0.1, 0.15) is 11.6 Å². The molecular formula is C14H19N4O3+. The Morgan fingerprint density at radius 3 is 3.00 bits per heavy atom. The first-order valence-electron chi connectivity index (χ1n) is 6.83. The van der Waals surface area contributed by atoms with Crippen molar-refractivity contribution in [2.45, 2.75) is 13.0 Å². The fourth-order valence-electron chi connectivity index (χ4n) is 2.11. The second-order valence-electron chi connectivity index (χ2n) is 4.90. The lowest BCUT2D eigenvalue weighted by atomic mass is 10.1. The normalized spacial score (nSPS) is 12.3. The number of nitrogens with two attached hydrogens (primary N) is 1. The molecule has 0 amide bonds. The van der Waals surface area contributed by atoms with Gasteiger partial charge in [0.05, 0.1) is 35.7 Å². The maximum atomic E-state index is 11.0. The maximum absolute atomic E-state index is 11.0. The van der Waals surface area contributed by atoms with E-state index in [2.05, 4.69) is 10.3 Å². The van der Waals surface area contributed by atoms with Crippen LogP contribution in [0.3, 0.4) is 0 Å². The number of nitrogens with zero attached hydrogens (tertiary/aromatic N) is 2. The Morgan fingerprint density at radius 1 is 1.48 bits per heavy atom. The fourth-order valence-corrected chi connectivity index (χ4v) is 2.11. The third-order valence-electron chi connectivity index (χ3n) is 3.26. The number of anilines is 1. The quantitative estimate of drug-likeness (QED) is 0.391. The number of hydrogen-bond acceptors (Lipinski definition) is 5. The number of non-ortho nitro benzene ring substituents is 1. The van der Waals surface area contributed by atoms with Gasteiger partial charge in [-0.2, -0.15) is 0 Å². The average molecular weight is 291 g/mol. The number of aliphatic hydroxyl groups is 1. The summed E-state index contributed by atoms with van der Waals surface area (Å²) in [6.45, 7) is 3.58. The van der Waals surface area contributed by atoms with Crippen LogP contribution in [-0.4, -0.2) is 40.8 Å². The van der Waals surface area contributed by atoms with Crippen LogP contribution in [0.15, 0.2) is 30.5 Å². The van der Waals surface area contributed by atoms with E-state index < -0.39 is 4.92 Å². The Bertz CT molecular complexity index is 633. The van der Waals surface area contributed by atoms with E-state index in [4.69, 9.17) is 5.11 Å². The van der Waals surface area contributed by atoms with E-state index in [1.54, 1.807) is 24.4 Å². The summed E-state index contributed by atoms with van der Waals surface area (Å²) in [6, 6.07) is 6.73. The predicted octanol–water partition coefficient (Wildman–Crippen LogP) is 0.499. The second kappa shape index (κ2) is 6.96. The lowest BCUT2D eigenvalue weighted by Crippen LogP contribution is -2.91. The van der Waals surface area contributed by atoms with Gasteiger partial charge < -0.3 is 15.7 Å². The van der Waals surface area contributed by atoms with Crippen LogP contribution in [-0.2, 0) is 0 Å². The van der Waals surface area contributed by atoms with Gasteiger partial charge in [0.25, 0.3) is 5.69 Å². The van der Waals surface area contributed by atoms with E-state index in [0.29, 0.717) is 17.4 Å². The molecule has 1 aromatic heterocycles. The molecule has 4 N–H and O–H groups in total. The van der Waals surface area contributed by atoms with Crippen molar-refractivity contribution in [2.75, 3.05) is 25.0 Å². The number of nitro benzene ring substituents is 1. The average Bonchev–Trinajstić information content (AvgIpc) is 2.50. The molecular weight excluding hydrogens is 272 g/mol. The molecule has 0 unspecified atom stereocenters. The van der Waals surface area contributed by atoms with Crippen molar-refractivity contribution in [3.63, 3.8) is 0 Å². The minimum absolute atomic E-state index is 0.0594. The van der Waals surface area contributed by atoms with Gasteiger partial charge in [0.2, 0.25) is 0 Å². The van der Waals surface area contributed by atoms with Gasteiger partial charge in [-0.3, -0.25) is 15.1 Å². The zero-order chi connectivity index (χ0) is 15.2. The van der Waals surface area contributed by atoms with Crippen LogP contribution >= 0.6 is 0 Å². The highest BCUT2D eigenvalue weighted by Crippen LogP contribution is 2.29. The van der Waals surface area contributed by atoms with Gasteiger partial charge >= 0.3 is 0 Å². The number of rotatable bonds is 7. The molecule has 0 aliphatic rings. The van der Waals surface area contributed by atoms with Gasteiger partial charge in [-0.05, 0) is 25.1 Å². The summed E-state index contributed by atoms with van der Waals surface area (Å²) in [4.78, 5) is 14.9. The van der Waals surface area contributed by atoms with Crippen LogP contribution in [0.2, 0.25) is 0 Å². The Morgan fingerprint density at radius 2 is 2.29 bits per heavy atom. The van der Waals surface area contributed by atoms with Crippen molar-refractivity contribution in [3.8, 4) is 0 Å². The van der Waals surface area contributed by atoms with Crippen LogP contribution in [0.5, 0.6) is 0 Å². The van der Waals surface area contributed by atoms with E-state index >= 15 is 0 Å². The molecule has 0 aliphatic carbocycles. The molecule has 2 aromatic rings. The van der Waals surface area contributed by atoms with E-state index in [0.717, 1.165) is 12.2 Å². The number of aliphatic hydroxyl groups excluding tert-OH is 1. The number of aromatic nitrogens is 1. The summed E-state index contributed by atoms with van der Waals surface area (Å²) in [6.07, 6.45) is 1.62. The monoisotopic (exact) mass is 291 g/mol. The van der Waals surface area contributed by atoms with Crippen molar-refractivity contribution in [1.29, 1.82) is 0 Å². The van der Waals surface area contributed by atoms with Crippen molar-refractivity contribution < 1.29 is 15.3 Å². The van der Waals surface area contributed by atoms with Gasteiger partial charge in [0.15, 0.2) is 0 Å².